The third-order valence-electron chi connectivity index (χ3n) is 3.33. The number of likely N-dealkylation sites (N-methyl/N-ethyl adjacent to an activating group) is 1. The highest BCUT2D eigenvalue weighted by Crippen LogP contribution is 2.15. The molecule has 8 heteroatoms. The molecule has 1 heterocycles. The third-order valence-corrected chi connectivity index (χ3v) is 4.52. The molecule has 1 N–H and O–H groups in total. The van der Waals surface area contributed by atoms with Crippen LogP contribution in [0.4, 0.5) is 0 Å². The van der Waals surface area contributed by atoms with Crippen molar-refractivity contribution in [1.29, 1.82) is 0 Å². The number of halogens is 2. The molecule has 5 nitrogen and oxygen atoms in total. The number of nitrogens with one attached hydrogen (secondary N) is 1. The fraction of sp³-hybridized carbons (Fsp3) is 0.375. The van der Waals surface area contributed by atoms with Crippen molar-refractivity contribution in [1.82, 2.24) is 15.2 Å². The molecule has 2 rings (SSSR count). The van der Waals surface area contributed by atoms with Gasteiger partial charge < -0.3 is 15.0 Å². The maximum atomic E-state index is 5.85. The number of guanidine groups is 1. The lowest BCUT2D eigenvalue weighted by Crippen LogP contribution is -2.40. The Bertz CT molecular complexity index is 648. The minimum Gasteiger partial charge on any atom is -0.492 e. The van der Waals surface area contributed by atoms with Crippen LogP contribution < -0.4 is 10.1 Å². The lowest BCUT2D eigenvalue weighted by atomic mass is 10.3. The van der Waals surface area contributed by atoms with Gasteiger partial charge in [-0.15, -0.1) is 35.3 Å². The van der Waals surface area contributed by atoms with E-state index in [1.807, 2.05) is 48.6 Å². The summed E-state index contributed by atoms with van der Waals surface area (Å²) in [6.07, 6.45) is 0. The largest absolute Gasteiger partial charge is 0.492 e. The molecule has 0 radical (unpaired) electrons. The Labute approximate surface area is 169 Å². The summed E-state index contributed by atoms with van der Waals surface area (Å²) in [5.74, 6) is 1.64. The monoisotopic (exact) mass is 480 g/mol. The molecule has 0 aliphatic carbocycles. The Balaban J connectivity index is 0.00000288. The van der Waals surface area contributed by atoms with Crippen LogP contribution in [0.2, 0.25) is 5.02 Å². The van der Waals surface area contributed by atoms with E-state index in [-0.39, 0.29) is 24.0 Å². The molecule has 0 saturated heterocycles. The van der Waals surface area contributed by atoms with Crippen LogP contribution in [0.5, 0.6) is 5.75 Å². The van der Waals surface area contributed by atoms with Gasteiger partial charge in [-0.3, -0.25) is 4.99 Å². The smallest absolute Gasteiger partial charge is 0.193 e. The molecule has 2 aromatic rings. The van der Waals surface area contributed by atoms with Crippen molar-refractivity contribution >= 4 is 52.9 Å². The molecule has 0 atom stereocenters. The predicted octanol–water partition coefficient (Wildman–Crippen LogP) is 3.81. The van der Waals surface area contributed by atoms with Crippen molar-refractivity contribution in [3.63, 3.8) is 0 Å². The van der Waals surface area contributed by atoms with E-state index < -0.39 is 0 Å². The van der Waals surface area contributed by atoms with E-state index in [4.69, 9.17) is 16.3 Å². The molecule has 0 unspecified atom stereocenters. The van der Waals surface area contributed by atoms with Gasteiger partial charge in [-0.1, -0.05) is 11.6 Å². The van der Waals surface area contributed by atoms with E-state index in [1.165, 1.54) is 4.88 Å². The summed E-state index contributed by atoms with van der Waals surface area (Å²) in [4.78, 5) is 11.8. The van der Waals surface area contributed by atoms with Gasteiger partial charge in [0.05, 0.1) is 24.3 Å². The summed E-state index contributed by atoms with van der Waals surface area (Å²) in [6, 6.07) is 7.36. The highest BCUT2D eigenvalue weighted by atomic mass is 127. The van der Waals surface area contributed by atoms with Crippen LogP contribution in [-0.4, -0.2) is 43.1 Å². The molecular formula is C16H22ClIN4OS. The van der Waals surface area contributed by atoms with Gasteiger partial charge in [0.2, 0.25) is 0 Å². The maximum Gasteiger partial charge on any atom is 0.193 e. The van der Waals surface area contributed by atoms with Crippen molar-refractivity contribution in [2.24, 2.45) is 4.99 Å². The van der Waals surface area contributed by atoms with E-state index in [2.05, 4.69) is 15.3 Å². The van der Waals surface area contributed by atoms with Gasteiger partial charge in [0.25, 0.3) is 0 Å². The minimum atomic E-state index is 0. The Hall–Kier alpha value is -1.06. The van der Waals surface area contributed by atoms with Crippen molar-refractivity contribution in [2.45, 2.75) is 13.5 Å². The summed E-state index contributed by atoms with van der Waals surface area (Å²) in [6.45, 7) is 4.04. The van der Waals surface area contributed by atoms with Crippen molar-refractivity contribution in [3.05, 3.63) is 45.4 Å². The summed E-state index contributed by atoms with van der Waals surface area (Å²) < 4.78 is 5.70. The quantitative estimate of drug-likeness (QED) is 0.388. The predicted molar refractivity (Wildman–Crippen MR) is 112 cm³/mol. The van der Waals surface area contributed by atoms with E-state index in [0.29, 0.717) is 11.6 Å². The third kappa shape index (κ3) is 6.45. The standard InChI is InChI=1S/C16H21ClN4OS.HI/c1-12-15(23-11-20-12)10-19-16(18-2)21(3)8-9-22-14-6-4-13(17)5-7-14;/h4-7,11H,8-10H2,1-3H3,(H,18,19);1H. The van der Waals surface area contributed by atoms with Crippen LogP contribution in [0, 0.1) is 6.92 Å². The molecule has 132 valence electrons. The van der Waals surface area contributed by atoms with Crippen LogP contribution in [0.3, 0.4) is 0 Å². The summed E-state index contributed by atoms with van der Waals surface area (Å²) in [5, 5.41) is 4.05. The van der Waals surface area contributed by atoms with Gasteiger partial charge in [-0.05, 0) is 31.2 Å². The number of ether oxygens (including phenoxy) is 1. The first-order chi connectivity index (χ1) is 11.1. The number of hydrogen-bond donors (Lipinski definition) is 1. The number of nitrogens with zero attached hydrogens (tertiary/aromatic N) is 3. The van der Waals surface area contributed by atoms with Gasteiger partial charge in [-0.2, -0.15) is 0 Å². The Morgan fingerprint density at radius 3 is 2.67 bits per heavy atom. The molecule has 0 amide bonds. The molecule has 0 saturated carbocycles. The normalized spacial score (nSPS) is 10.9. The van der Waals surface area contributed by atoms with Crippen molar-refractivity contribution < 1.29 is 4.74 Å². The SMILES string of the molecule is CN=C(NCc1scnc1C)N(C)CCOc1ccc(Cl)cc1.I. The number of aryl methyl sites for hydroxylation is 1. The van der Waals surface area contributed by atoms with Crippen LogP contribution >= 0.6 is 46.9 Å². The van der Waals surface area contributed by atoms with Gasteiger partial charge >= 0.3 is 0 Å². The van der Waals surface area contributed by atoms with Gasteiger partial charge in [0.15, 0.2) is 5.96 Å². The molecule has 24 heavy (non-hydrogen) atoms. The summed E-state index contributed by atoms with van der Waals surface area (Å²) in [7, 11) is 3.76. The second-order valence-electron chi connectivity index (χ2n) is 4.99. The van der Waals surface area contributed by atoms with E-state index >= 15 is 0 Å². The topological polar surface area (TPSA) is 49.8 Å². The van der Waals surface area contributed by atoms with Crippen molar-refractivity contribution in [3.8, 4) is 5.75 Å². The molecule has 1 aromatic carbocycles. The number of benzene rings is 1. The lowest BCUT2D eigenvalue weighted by molar-refractivity contribution is 0.281. The zero-order valence-corrected chi connectivity index (χ0v) is 17.9. The molecule has 0 aliphatic rings. The van der Waals surface area contributed by atoms with Crippen LogP contribution in [0.15, 0.2) is 34.8 Å². The number of hydrogen-bond acceptors (Lipinski definition) is 4. The van der Waals surface area contributed by atoms with Crippen LogP contribution in [0.1, 0.15) is 10.6 Å². The van der Waals surface area contributed by atoms with E-state index in [0.717, 1.165) is 30.5 Å². The average molecular weight is 481 g/mol. The highest BCUT2D eigenvalue weighted by molar-refractivity contribution is 14.0. The summed E-state index contributed by atoms with van der Waals surface area (Å²) in [5.41, 5.74) is 2.92. The number of rotatable bonds is 6. The van der Waals surface area contributed by atoms with Crippen LogP contribution in [0.25, 0.3) is 0 Å². The molecular weight excluding hydrogens is 459 g/mol. The first-order valence-corrected chi connectivity index (χ1v) is 8.55. The Kier molecular flexibility index (Phi) is 9.38. The molecule has 0 spiro atoms. The van der Waals surface area contributed by atoms with Crippen molar-refractivity contribution in [2.75, 3.05) is 27.2 Å². The number of thiazole rings is 1. The zero-order valence-electron chi connectivity index (χ0n) is 14.0. The first-order valence-electron chi connectivity index (χ1n) is 7.29. The van der Waals surface area contributed by atoms with E-state index in [9.17, 15) is 0 Å². The fourth-order valence-electron chi connectivity index (χ4n) is 1.98. The van der Waals surface area contributed by atoms with Gasteiger partial charge in [0, 0.05) is 24.0 Å². The molecule has 0 aliphatic heterocycles. The second-order valence-corrected chi connectivity index (χ2v) is 6.36. The average Bonchev–Trinajstić information content (AvgIpc) is 2.95. The van der Waals surface area contributed by atoms with E-state index in [1.54, 1.807) is 18.4 Å². The number of aliphatic imine (C=N–C) groups is 1. The lowest BCUT2D eigenvalue weighted by Gasteiger charge is -2.22. The summed E-state index contributed by atoms with van der Waals surface area (Å²) >= 11 is 7.50. The minimum absolute atomic E-state index is 0. The second kappa shape index (κ2) is 10.7. The maximum absolute atomic E-state index is 5.85. The molecule has 1 aromatic heterocycles. The first kappa shape index (κ1) is 21.0. The Morgan fingerprint density at radius 1 is 1.38 bits per heavy atom. The van der Waals surface area contributed by atoms with Gasteiger partial charge in [-0.25, -0.2) is 4.98 Å². The fourth-order valence-corrected chi connectivity index (χ4v) is 2.82. The number of aromatic nitrogens is 1. The van der Waals surface area contributed by atoms with Gasteiger partial charge in [0.1, 0.15) is 12.4 Å². The molecule has 0 bridgehead atoms. The molecule has 0 fully saturated rings. The zero-order chi connectivity index (χ0) is 16.7. The Morgan fingerprint density at radius 2 is 2.08 bits per heavy atom. The van der Waals surface area contributed by atoms with Crippen LogP contribution in [-0.2, 0) is 6.54 Å². The highest BCUT2D eigenvalue weighted by Gasteiger charge is 2.08.